The van der Waals surface area contributed by atoms with Gasteiger partial charge in [0.1, 0.15) is 12.7 Å². The van der Waals surface area contributed by atoms with Crippen LogP contribution in [-0.4, -0.2) is 23.5 Å². The maximum atomic E-state index is 12.9. The van der Waals surface area contributed by atoms with Crippen LogP contribution in [0.4, 0.5) is 18.9 Å². The van der Waals surface area contributed by atoms with Crippen molar-refractivity contribution in [3.63, 3.8) is 0 Å². The molecule has 23 heavy (non-hydrogen) atoms. The summed E-state index contributed by atoms with van der Waals surface area (Å²) in [6, 6.07) is 13.7. The molecule has 0 unspecified atom stereocenters. The van der Waals surface area contributed by atoms with Crippen molar-refractivity contribution in [1.82, 2.24) is 4.90 Å². The molecule has 1 atom stereocenters. The molecular weight excluding hydrogens is 305 g/mol. The van der Waals surface area contributed by atoms with Crippen LogP contribution in [0.1, 0.15) is 27.7 Å². The highest BCUT2D eigenvalue weighted by molar-refractivity contribution is 6.01. The topological polar surface area (TPSA) is 32.3 Å². The molecule has 3 nitrogen and oxygen atoms in total. The van der Waals surface area contributed by atoms with Gasteiger partial charge in [0.2, 0.25) is 0 Å². The first-order valence-corrected chi connectivity index (χ1v) is 7.15. The zero-order valence-corrected chi connectivity index (χ0v) is 12.4. The van der Waals surface area contributed by atoms with Crippen LogP contribution in [0.3, 0.4) is 0 Å². The van der Waals surface area contributed by atoms with Crippen molar-refractivity contribution in [3.05, 3.63) is 65.2 Å². The van der Waals surface area contributed by atoms with Crippen molar-refractivity contribution in [3.8, 4) is 0 Å². The molecule has 120 valence electrons. The number of hydrogen-bond donors (Lipinski definition) is 1. The maximum absolute atomic E-state index is 12.9. The van der Waals surface area contributed by atoms with Crippen LogP contribution in [0.2, 0.25) is 0 Å². The minimum atomic E-state index is -4.47. The molecule has 1 aliphatic rings. The van der Waals surface area contributed by atoms with E-state index in [-0.39, 0.29) is 5.56 Å². The Balaban J connectivity index is 2.04. The van der Waals surface area contributed by atoms with Crippen molar-refractivity contribution in [1.29, 1.82) is 0 Å². The number of benzene rings is 2. The minimum absolute atomic E-state index is 0.250. The highest BCUT2D eigenvalue weighted by atomic mass is 19.4. The van der Waals surface area contributed by atoms with E-state index in [1.54, 1.807) is 30.3 Å². The summed E-state index contributed by atoms with van der Waals surface area (Å²) in [6.45, 7) is 0.595. The van der Waals surface area contributed by atoms with Crippen molar-refractivity contribution >= 4 is 11.6 Å². The maximum Gasteiger partial charge on any atom is 0.406 e. The Morgan fingerprint density at radius 3 is 2.39 bits per heavy atom. The van der Waals surface area contributed by atoms with Gasteiger partial charge in [0, 0.05) is 5.69 Å². The number of fused-ring (bicyclic) bond motifs is 1. The number of anilines is 1. The molecule has 0 radical (unpaired) electrons. The van der Waals surface area contributed by atoms with E-state index in [1.165, 1.54) is 6.07 Å². The largest absolute Gasteiger partial charge is 0.406 e. The van der Waals surface area contributed by atoms with Gasteiger partial charge in [-0.2, -0.15) is 13.2 Å². The zero-order chi connectivity index (χ0) is 16.6. The van der Waals surface area contributed by atoms with Gasteiger partial charge in [0.15, 0.2) is 0 Å². The molecule has 1 amide bonds. The second kappa shape index (κ2) is 5.61. The second-order valence-corrected chi connectivity index (χ2v) is 5.55. The van der Waals surface area contributed by atoms with Gasteiger partial charge >= 0.3 is 6.18 Å². The van der Waals surface area contributed by atoms with Crippen LogP contribution in [0.5, 0.6) is 0 Å². The molecule has 1 heterocycles. The molecule has 1 aliphatic heterocycles. The van der Waals surface area contributed by atoms with Crippen LogP contribution in [0.15, 0.2) is 48.5 Å². The minimum Gasteiger partial charge on any atom is -0.361 e. The first-order chi connectivity index (χ1) is 10.8. The number of alkyl halides is 3. The van der Waals surface area contributed by atoms with Gasteiger partial charge < -0.3 is 10.2 Å². The highest BCUT2D eigenvalue weighted by Gasteiger charge is 2.40. The highest BCUT2D eigenvalue weighted by Crippen LogP contribution is 2.35. The Bertz CT molecular complexity index is 725. The summed E-state index contributed by atoms with van der Waals surface area (Å²) in [5.41, 5.74) is 2.41. The first kappa shape index (κ1) is 15.4. The number of nitrogens with one attached hydrogen (secondary N) is 1. The van der Waals surface area contributed by atoms with E-state index in [0.717, 1.165) is 10.5 Å². The summed E-state index contributed by atoms with van der Waals surface area (Å²) in [7, 11) is 0. The molecule has 0 saturated carbocycles. The van der Waals surface area contributed by atoms with Crippen LogP contribution in [-0.2, 0) is 0 Å². The van der Waals surface area contributed by atoms with Gasteiger partial charge in [-0.1, -0.05) is 42.0 Å². The molecule has 0 saturated heterocycles. The molecule has 6 heteroatoms. The number of rotatable bonds is 2. The molecule has 0 fully saturated rings. The molecule has 0 aromatic heterocycles. The lowest BCUT2D eigenvalue weighted by Gasteiger charge is -2.38. The number of amides is 1. The lowest BCUT2D eigenvalue weighted by molar-refractivity contribution is -0.144. The molecule has 0 spiro atoms. The summed E-state index contributed by atoms with van der Waals surface area (Å²) in [5.74, 6) is -0.623. The average Bonchev–Trinajstić information content (AvgIpc) is 2.50. The molecule has 3 rings (SSSR count). The van der Waals surface area contributed by atoms with Crippen LogP contribution < -0.4 is 5.32 Å². The van der Waals surface area contributed by atoms with Crippen LogP contribution in [0, 0.1) is 6.92 Å². The van der Waals surface area contributed by atoms with Gasteiger partial charge in [-0.05, 0) is 24.6 Å². The van der Waals surface area contributed by atoms with E-state index in [0.29, 0.717) is 11.3 Å². The van der Waals surface area contributed by atoms with E-state index in [4.69, 9.17) is 0 Å². The van der Waals surface area contributed by atoms with Gasteiger partial charge in [0.05, 0.1) is 5.56 Å². The average molecular weight is 320 g/mol. The SMILES string of the molecule is Cc1ccc([C@@H]2Nc3ccccc3C(=O)N2CC(F)(F)F)cc1. The van der Waals surface area contributed by atoms with Crippen molar-refractivity contribution in [2.75, 3.05) is 11.9 Å². The molecule has 2 aromatic rings. The van der Waals surface area contributed by atoms with E-state index in [9.17, 15) is 18.0 Å². The third kappa shape index (κ3) is 3.16. The van der Waals surface area contributed by atoms with Gasteiger partial charge in [-0.3, -0.25) is 4.79 Å². The predicted octanol–water partition coefficient (Wildman–Crippen LogP) is 4.12. The van der Waals surface area contributed by atoms with Crippen molar-refractivity contribution in [2.45, 2.75) is 19.3 Å². The Labute approximate surface area is 131 Å². The number of carbonyl (C=O) groups is 1. The zero-order valence-electron chi connectivity index (χ0n) is 12.4. The second-order valence-electron chi connectivity index (χ2n) is 5.55. The van der Waals surface area contributed by atoms with E-state index in [1.807, 2.05) is 19.1 Å². The quantitative estimate of drug-likeness (QED) is 0.902. The third-order valence-corrected chi connectivity index (χ3v) is 3.76. The molecule has 2 aromatic carbocycles. The summed E-state index contributed by atoms with van der Waals surface area (Å²) >= 11 is 0. The Morgan fingerprint density at radius 1 is 1.09 bits per heavy atom. The van der Waals surface area contributed by atoms with Crippen LogP contribution in [0.25, 0.3) is 0 Å². The van der Waals surface area contributed by atoms with Crippen molar-refractivity contribution in [2.24, 2.45) is 0 Å². The van der Waals surface area contributed by atoms with Gasteiger partial charge in [-0.25, -0.2) is 0 Å². The first-order valence-electron chi connectivity index (χ1n) is 7.15. The third-order valence-electron chi connectivity index (χ3n) is 3.76. The Kier molecular flexibility index (Phi) is 3.75. The Morgan fingerprint density at radius 2 is 1.74 bits per heavy atom. The summed E-state index contributed by atoms with van der Waals surface area (Å²) < 4.78 is 38.8. The summed E-state index contributed by atoms with van der Waals surface area (Å²) in [6.07, 6.45) is -5.31. The lowest BCUT2D eigenvalue weighted by Crippen LogP contribution is -2.47. The smallest absolute Gasteiger partial charge is 0.361 e. The van der Waals surface area contributed by atoms with E-state index in [2.05, 4.69) is 5.32 Å². The van der Waals surface area contributed by atoms with E-state index >= 15 is 0 Å². The normalized spacial score (nSPS) is 17.7. The monoisotopic (exact) mass is 320 g/mol. The van der Waals surface area contributed by atoms with Crippen LogP contribution >= 0.6 is 0 Å². The van der Waals surface area contributed by atoms with Gasteiger partial charge in [-0.15, -0.1) is 0 Å². The van der Waals surface area contributed by atoms with E-state index < -0.39 is 24.8 Å². The molecule has 0 aliphatic carbocycles. The summed E-state index contributed by atoms with van der Waals surface area (Å²) in [4.78, 5) is 13.4. The fourth-order valence-corrected chi connectivity index (χ4v) is 2.66. The number of halogens is 3. The number of hydrogen-bond acceptors (Lipinski definition) is 2. The number of para-hydroxylation sites is 1. The van der Waals surface area contributed by atoms with Gasteiger partial charge in [0.25, 0.3) is 5.91 Å². The fourth-order valence-electron chi connectivity index (χ4n) is 2.66. The predicted molar refractivity (Wildman–Crippen MR) is 81.1 cm³/mol. The standard InChI is InChI=1S/C17H15F3N2O/c1-11-6-8-12(9-7-11)15-21-14-5-3-2-4-13(14)16(23)22(15)10-17(18,19)20/h2-9,15,21H,10H2,1H3/t15-/m1/s1. The lowest BCUT2D eigenvalue weighted by atomic mass is 10.0. The molecular formula is C17H15F3N2O. The van der Waals surface area contributed by atoms with Crippen molar-refractivity contribution < 1.29 is 18.0 Å². The number of nitrogens with zero attached hydrogens (tertiary/aromatic N) is 1. The summed E-state index contributed by atoms with van der Waals surface area (Å²) in [5, 5.41) is 3.04. The fraction of sp³-hybridized carbons (Fsp3) is 0.235. The molecule has 0 bridgehead atoms. The Hall–Kier alpha value is -2.50. The number of aryl methyl sites for hydroxylation is 1. The number of carbonyl (C=O) groups excluding carboxylic acids is 1. The molecule has 1 N–H and O–H groups in total.